The summed E-state index contributed by atoms with van der Waals surface area (Å²) in [5.74, 6) is 0.908. The topological polar surface area (TPSA) is 71.3 Å². The number of aryl methyl sites for hydroxylation is 1. The number of carbonyl (C=O) groups is 1. The Balaban J connectivity index is 1.24. The van der Waals surface area contributed by atoms with E-state index in [1.807, 2.05) is 24.3 Å². The van der Waals surface area contributed by atoms with Crippen molar-refractivity contribution in [1.29, 1.82) is 0 Å². The smallest absolute Gasteiger partial charge is 0.257 e. The Morgan fingerprint density at radius 2 is 1.65 bits per heavy atom. The van der Waals surface area contributed by atoms with E-state index in [0.29, 0.717) is 23.8 Å². The molecule has 6 heteroatoms. The summed E-state index contributed by atoms with van der Waals surface area (Å²) in [6.07, 6.45) is 2.61. The second kappa shape index (κ2) is 10.0. The molecule has 1 N–H and O–H groups in total. The van der Waals surface area contributed by atoms with E-state index in [2.05, 4.69) is 56.8 Å². The van der Waals surface area contributed by atoms with Crippen molar-refractivity contribution in [3.05, 3.63) is 95.3 Å². The van der Waals surface area contributed by atoms with Gasteiger partial charge in [-0.2, -0.15) is 4.98 Å². The molecule has 5 rings (SSSR count). The van der Waals surface area contributed by atoms with E-state index in [1.165, 1.54) is 31.5 Å². The highest BCUT2D eigenvalue weighted by atomic mass is 16.5. The van der Waals surface area contributed by atoms with Crippen LogP contribution in [0.5, 0.6) is 0 Å². The van der Waals surface area contributed by atoms with Gasteiger partial charge in [0.15, 0.2) is 5.82 Å². The van der Waals surface area contributed by atoms with E-state index in [9.17, 15) is 4.79 Å². The number of hydrogen-bond acceptors (Lipinski definition) is 5. The van der Waals surface area contributed by atoms with Gasteiger partial charge < -0.3 is 9.84 Å². The van der Waals surface area contributed by atoms with Crippen LogP contribution < -0.4 is 5.32 Å². The number of aromatic nitrogens is 2. The van der Waals surface area contributed by atoms with Crippen molar-refractivity contribution in [3.8, 4) is 22.6 Å². The van der Waals surface area contributed by atoms with Crippen molar-refractivity contribution in [1.82, 2.24) is 20.4 Å². The van der Waals surface area contributed by atoms with Gasteiger partial charge >= 0.3 is 0 Å². The first kappa shape index (κ1) is 22.0. The van der Waals surface area contributed by atoms with Gasteiger partial charge in [0, 0.05) is 24.2 Å². The molecule has 172 valence electrons. The predicted octanol–water partition coefficient (Wildman–Crippen LogP) is 5.24. The minimum Gasteiger partial charge on any atom is -0.348 e. The zero-order valence-corrected chi connectivity index (χ0v) is 19.3. The molecule has 0 saturated carbocycles. The zero-order chi connectivity index (χ0) is 23.3. The van der Waals surface area contributed by atoms with Crippen LogP contribution in [0.2, 0.25) is 0 Å². The number of likely N-dealkylation sites (tertiary alicyclic amines) is 1. The third-order valence-corrected chi connectivity index (χ3v) is 6.25. The number of benzene rings is 3. The van der Waals surface area contributed by atoms with Crippen molar-refractivity contribution in [3.63, 3.8) is 0 Å². The first-order chi connectivity index (χ1) is 16.7. The van der Waals surface area contributed by atoms with Crippen LogP contribution in [-0.4, -0.2) is 34.0 Å². The van der Waals surface area contributed by atoms with Crippen LogP contribution in [0, 0.1) is 6.92 Å². The zero-order valence-electron chi connectivity index (χ0n) is 19.3. The molecule has 0 bridgehead atoms. The van der Waals surface area contributed by atoms with Crippen molar-refractivity contribution in [2.24, 2.45) is 0 Å². The van der Waals surface area contributed by atoms with Crippen molar-refractivity contribution in [2.45, 2.75) is 32.9 Å². The standard InChI is InChI=1S/C28H28N4O2/c1-20-30-28(34-31-20)24-14-12-23(13-15-24)27(33)29-18-25-6-2-3-7-26(25)22-10-8-21(9-11-22)19-32-16-4-5-17-32/h2-3,6-15H,4-5,16-19H2,1H3,(H,29,33). The van der Waals surface area contributed by atoms with Crippen LogP contribution in [0.4, 0.5) is 0 Å². The Labute approximate surface area is 199 Å². The lowest BCUT2D eigenvalue weighted by Crippen LogP contribution is -2.23. The molecule has 0 aliphatic carbocycles. The molecule has 0 unspecified atom stereocenters. The number of carbonyl (C=O) groups excluding carboxylic acids is 1. The fourth-order valence-electron chi connectivity index (χ4n) is 4.40. The Morgan fingerprint density at radius 3 is 2.35 bits per heavy atom. The monoisotopic (exact) mass is 452 g/mol. The van der Waals surface area contributed by atoms with E-state index in [-0.39, 0.29) is 5.91 Å². The summed E-state index contributed by atoms with van der Waals surface area (Å²) in [4.78, 5) is 19.5. The molecule has 1 aliphatic rings. The molecule has 34 heavy (non-hydrogen) atoms. The van der Waals surface area contributed by atoms with Crippen molar-refractivity contribution < 1.29 is 9.32 Å². The molecule has 1 aromatic heterocycles. The molecule has 1 fully saturated rings. The third-order valence-electron chi connectivity index (χ3n) is 6.25. The maximum Gasteiger partial charge on any atom is 0.257 e. The summed E-state index contributed by atoms with van der Waals surface area (Å²) in [6.45, 7) is 5.64. The van der Waals surface area contributed by atoms with Crippen LogP contribution in [-0.2, 0) is 13.1 Å². The highest BCUT2D eigenvalue weighted by Gasteiger charge is 2.13. The average molecular weight is 453 g/mol. The van der Waals surface area contributed by atoms with Gasteiger partial charge in [-0.3, -0.25) is 9.69 Å². The Bertz CT molecular complexity index is 1260. The van der Waals surface area contributed by atoms with Crippen LogP contribution in [0.25, 0.3) is 22.6 Å². The Hall–Kier alpha value is -3.77. The fraction of sp³-hybridized carbons (Fsp3) is 0.250. The normalized spacial score (nSPS) is 13.8. The number of amides is 1. The van der Waals surface area contributed by atoms with Gasteiger partial charge in [-0.15, -0.1) is 0 Å². The second-order valence-electron chi connectivity index (χ2n) is 8.74. The minimum absolute atomic E-state index is 0.121. The average Bonchev–Trinajstić information content (AvgIpc) is 3.55. The molecule has 1 saturated heterocycles. The molecule has 0 spiro atoms. The second-order valence-corrected chi connectivity index (χ2v) is 8.74. The molecule has 4 aromatic rings. The summed E-state index contributed by atoms with van der Waals surface area (Å²) in [5, 5.41) is 6.86. The van der Waals surface area contributed by atoms with E-state index >= 15 is 0 Å². The molecule has 2 heterocycles. The highest BCUT2D eigenvalue weighted by Crippen LogP contribution is 2.25. The summed E-state index contributed by atoms with van der Waals surface area (Å²) in [6, 6.07) is 24.2. The van der Waals surface area contributed by atoms with E-state index in [1.54, 1.807) is 19.1 Å². The summed E-state index contributed by atoms with van der Waals surface area (Å²) in [7, 11) is 0. The number of rotatable bonds is 7. The Kier molecular flexibility index (Phi) is 6.49. The quantitative estimate of drug-likeness (QED) is 0.415. The number of nitrogens with one attached hydrogen (secondary N) is 1. The first-order valence-corrected chi connectivity index (χ1v) is 11.7. The van der Waals surface area contributed by atoms with Crippen LogP contribution >= 0.6 is 0 Å². The molecular formula is C28H28N4O2. The van der Waals surface area contributed by atoms with Gasteiger partial charge in [0.1, 0.15) is 0 Å². The van der Waals surface area contributed by atoms with Crippen LogP contribution in [0.15, 0.2) is 77.3 Å². The maximum absolute atomic E-state index is 12.8. The summed E-state index contributed by atoms with van der Waals surface area (Å²) in [5.41, 5.74) is 6.10. The van der Waals surface area contributed by atoms with Gasteiger partial charge in [0.05, 0.1) is 0 Å². The van der Waals surface area contributed by atoms with E-state index in [0.717, 1.165) is 28.8 Å². The van der Waals surface area contributed by atoms with Gasteiger partial charge in [-0.05, 0) is 79.4 Å². The van der Waals surface area contributed by atoms with Crippen molar-refractivity contribution in [2.75, 3.05) is 13.1 Å². The minimum atomic E-state index is -0.121. The lowest BCUT2D eigenvalue weighted by atomic mass is 9.98. The number of nitrogens with zero attached hydrogens (tertiary/aromatic N) is 3. The van der Waals surface area contributed by atoms with Gasteiger partial charge in [0.25, 0.3) is 11.8 Å². The Morgan fingerprint density at radius 1 is 0.941 bits per heavy atom. The third kappa shape index (κ3) is 5.07. The lowest BCUT2D eigenvalue weighted by molar-refractivity contribution is 0.0951. The lowest BCUT2D eigenvalue weighted by Gasteiger charge is -2.15. The van der Waals surface area contributed by atoms with Crippen molar-refractivity contribution >= 4 is 5.91 Å². The van der Waals surface area contributed by atoms with Gasteiger partial charge in [-0.1, -0.05) is 53.7 Å². The predicted molar refractivity (Wildman–Crippen MR) is 132 cm³/mol. The van der Waals surface area contributed by atoms with E-state index < -0.39 is 0 Å². The van der Waals surface area contributed by atoms with Gasteiger partial charge in [0.2, 0.25) is 0 Å². The molecule has 3 aromatic carbocycles. The number of hydrogen-bond donors (Lipinski definition) is 1. The summed E-state index contributed by atoms with van der Waals surface area (Å²) < 4.78 is 5.19. The SMILES string of the molecule is Cc1noc(-c2ccc(C(=O)NCc3ccccc3-c3ccc(CN4CCCC4)cc3)cc2)n1. The summed E-state index contributed by atoms with van der Waals surface area (Å²) >= 11 is 0. The highest BCUT2D eigenvalue weighted by molar-refractivity contribution is 5.94. The van der Waals surface area contributed by atoms with Crippen LogP contribution in [0.1, 0.15) is 40.2 Å². The molecule has 1 aliphatic heterocycles. The molecule has 1 amide bonds. The largest absolute Gasteiger partial charge is 0.348 e. The molecule has 0 radical (unpaired) electrons. The first-order valence-electron chi connectivity index (χ1n) is 11.7. The maximum atomic E-state index is 12.8. The molecular weight excluding hydrogens is 424 g/mol. The molecule has 0 atom stereocenters. The van der Waals surface area contributed by atoms with Crippen LogP contribution in [0.3, 0.4) is 0 Å². The van der Waals surface area contributed by atoms with Gasteiger partial charge in [-0.25, -0.2) is 0 Å². The molecule has 6 nitrogen and oxygen atoms in total. The van der Waals surface area contributed by atoms with E-state index in [4.69, 9.17) is 4.52 Å². The fourth-order valence-corrected chi connectivity index (χ4v) is 4.40.